The minimum atomic E-state index is -0.270. The van der Waals surface area contributed by atoms with Crippen LogP contribution in [0.4, 0.5) is 0 Å². The standard InChI is InChI=1S/C28H35ClN4O5/c1-3-4-5-6-27(35)38-18-26-32-23(17-37-26)10-12-33-11-9-19(2)24(28(33)36)14-25(34)31-16-21-13-22(29)8-7-20(21)15-30/h7-9,11,13,17H,3-6,10,12,14-16,18,30H2,1-2H3,(H,31,34). The van der Waals surface area contributed by atoms with Crippen molar-refractivity contribution >= 4 is 23.5 Å². The van der Waals surface area contributed by atoms with Crippen LogP contribution in [0.2, 0.25) is 5.02 Å². The van der Waals surface area contributed by atoms with Crippen LogP contribution in [0.5, 0.6) is 0 Å². The highest BCUT2D eigenvalue weighted by atomic mass is 35.5. The highest BCUT2D eigenvalue weighted by molar-refractivity contribution is 6.30. The van der Waals surface area contributed by atoms with E-state index >= 15 is 0 Å². The Morgan fingerprint density at radius 3 is 2.79 bits per heavy atom. The van der Waals surface area contributed by atoms with Gasteiger partial charge < -0.3 is 24.8 Å². The van der Waals surface area contributed by atoms with Gasteiger partial charge in [0.2, 0.25) is 11.8 Å². The van der Waals surface area contributed by atoms with Gasteiger partial charge in [0.15, 0.2) is 6.61 Å². The molecule has 0 saturated heterocycles. The van der Waals surface area contributed by atoms with Crippen LogP contribution in [0.1, 0.15) is 66.4 Å². The van der Waals surface area contributed by atoms with Gasteiger partial charge in [0, 0.05) is 49.3 Å². The Morgan fingerprint density at radius 2 is 2.03 bits per heavy atom. The summed E-state index contributed by atoms with van der Waals surface area (Å²) in [4.78, 5) is 41.9. The van der Waals surface area contributed by atoms with Gasteiger partial charge in [-0.15, -0.1) is 0 Å². The summed E-state index contributed by atoms with van der Waals surface area (Å²) in [5.41, 5.74) is 9.12. The molecular formula is C28H35ClN4O5. The van der Waals surface area contributed by atoms with Crippen molar-refractivity contribution < 1.29 is 18.7 Å². The maximum atomic E-state index is 13.1. The van der Waals surface area contributed by atoms with Gasteiger partial charge >= 0.3 is 5.97 Å². The maximum absolute atomic E-state index is 13.1. The molecule has 3 N–H and O–H groups in total. The molecule has 0 aliphatic carbocycles. The summed E-state index contributed by atoms with van der Waals surface area (Å²) in [6.07, 6.45) is 6.82. The third-order valence-electron chi connectivity index (χ3n) is 6.25. The number of nitrogens with zero attached hydrogens (tertiary/aromatic N) is 2. The summed E-state index contributed by atoms with van der Waals surface area (Å²) in [5.74, 6) is -0.223. The molecule has 0 radical (unpaired) electrons. The van der Waals surface area contributed by atoms with Crippen molar-refractivity contribution in [1.29, 1.82) is 0 Å². The van der Waals surface area contributed by atoms with Crippen molar-refractivity contribution in [2.45, 2.75) is 78.6 Å². The van der Waals surface area contributed by atoms with E-state index in [0.717, 1.165) is 36.0 Å². The van der Waals surface area contributed by atoms with Gasteiger partial charge in [-0.25, -0.2) is 4.98 Å². The first kappa shape index (κ1) is 29.1. The van der Waals surface area contributed by atoms with Crippen LogP contribution in [-0.4, -0.2) is 21.4 Å². The van der Waals surface area contributed by atoms with E-state index in [1.54, 1.807) is 22.9 Å². The van der Waals surface area contributed by atoms with E-state index in [4.69, 9.17) is 26.5 Å². The van der Waals surface area contributed by atoms with E-state index in [1.165, 1.54) is 6.26 Å². The smallest absolute Gasteiger partial charge is 0.306 e. The predicted molar refractivity (Wildman–Crippen MR) is 144 cm³/mol. The Kier molecular flexibility index (Phi) is 11.1. The van der Waals surface area contributed by atoms with Crippen LogP contribution in [-0.2, 0) is 53.4 Å². The van der Waals surface area contributed by atoms with Crippen LogP contribution in [0.3, 0.4) is 0 Å². The summed E-state index contributed by atoms with van der Waals surface area (Å²) >= 11 is 6.07. The number of pyridine rings is 1. The molecule has 3 rings (SSSR count). The normalized spacial score (nSPS) is 10.9. The third kappa shape index (κ3) is 8.56. The molecule has 10 heteroatoms. The van der Waals surface area contributed by atoms with Gasteiger partial charge in [-0.05, 0) is 48.2 Å². The molecule has 0 unspecified atom stereocenters. The fourth-order valence-electron chi connectivity index (χ4n) is 3.98. The van der Waals surface area contributed by atoms with Crippen molar-refractivity contribution in [1.82, 2.24) is 14.9 Å². The summed E-state index contributed by atoms with van der Waals surface area (Å²) in [5, 5.41) is 3.42. The fraction of sp³-hybridized carbons (Fsp3) is 0.429. The SMILES string of the molecule is CCCCCC(=O)OCc1nc(CCn2ccc(C)c(CC(=O)NCc3cc(Cl)ccc3CN)c2=O)co1. The fourth-order valence-corrected chi connectivity index (χ4v) is 4.17. The minimum absolute atomic E-state index is 0.0172. The van der Waals surface area contributed by atoms with E-state index in [9.17, 15) is 14.4 Å². The number of hydrogen-bond donors (Lipinski definition) is 2. The average molecular weight is 543 g/mol. The second-order valence-corrected chi connectivity index (χ2v) is 9.58. The number of carbonyl (C=O) groups is 2. The second kappa shape index (κ2) is 14.5. The predicted octanol–water partition coefficient (Wildman–Crippen LogP) is 3.98. The van der Waals surface area contributed by atoms with Gasteiger partial charge in [-0.1, -0.05) is 37.4 Å². The molecule has 0 aliphatic rings. The van der Waals surface area contributed by atoms with Gasteiger partial charge in [0.25, 0.3) is 5.56 Å². The first-order valence-corrected chi connectivity index (χ1v) is 13.2. The number of unbranched alkanes of at least 4 members (excludes halogenated alkanes) is 2. The molecule has 0 saturated carbocycles. The Morgan fingerprint density at radius 1 is 1.21 bits per heavy atom. The molecule has 3 aromatic rings. The number of benzene rings is 1. The highest BCUT2D eigenvalue weighted by Gasteiger charge is 2.14. The lowest BCUT2D eigenvalue weighted by Crippen LogP contribution is -2.31. The Labute approximate surface area is 227 Å². The monoisotopic (exact) mass is 542 g/mol. The van der Waals surface area contributed by atoms with Gasteiger partial charge in [-0.3, -0.25) is 14.4 Å². The number of esters is 1. The zero-order valence-corrected chi connectivity index (χ0v) is 22.7. The minimum Gasteiger partial charge on any atom is -0.456 e. The molecule has 1 aromatic carbocycles. The van der Waals surface area contributed by atoms with Gasteiger partial charge in [0.05, 0.1) is 12.1 Å². The molecule has 9 nitrogen and oxygen atoms in total. The lowest BCUT2D eigenvalue weighted by atomic mass is 10.1. The largest absolute Gasteiger partial charge is 0.456 e. The van der Waals surface area contributed by atoms with E-state index in [1.807, 2.05) is 19.1 Å². The topological polar surface area (TPSA) is 129 Å². The summed E-state index contributed by atoms with van der Waals surface area (Å²) in [7, 11) is 0. The molecule has 0 atom stereocenters. The Bertz CT molecular complexity index is 1300. The van der Waals surface area contributed by atoms with Crippen molar-refractivity contribution in [3.8, 4) is 0 Å². The summed E-state index contributed by atoms with van der Waals surface area (Å²) < 4.78 is 12.2. The number of hydrogen-bond acceptors (Lipinski definition) is 7. The molecule has 0 spiro atoms. The number of rotatable bonds is 14. The van der Waals surface area contributed by atoms with Crippen molar-refractivity contribution in [2.75, 3.05) is 0 Å². The van der Waals surface area contributed by atoms with E-state index in [2.05, 4.69) is 17.2 Å². The Balaban J connectivity index is 1.55. The molecular weight excluding hydrogens is 508 g/mol. The highest BCUT2D eigenvalue weighted by Crippen LogP contribution is 2.16. The lowest BCUT2D eigenvalue weighted by Gasteiger charge is -2.12. The molecule has 38 heavy (non-hydrogen) atoms. The van der Waals surface area contributed by atoms with Crippen LogP contribution in [0.25, 0.3) is 0 Å². The van der Waals surface area contributed by atoms with Gasteiger partial charge in [0.1, 0.15) is 6.26 Å². The molecule has 204 valence electrons. The quantitative estimate of drug-likeness (QED) is 0.233. The molecule has 0 aliphatic heterocycles. The molecule has 0 bridgehead atoms. The molecule has 0 fully saturated rings. The number of nitrogens with two attached hydrogens (primary N) is 1. The first-order valence-electron chi connectivity index (χ1n) is 12.8. The molecule has 1 amide bonds. The van der Waals surface area contributed by atoms with E-state index in [0.29, 0.717) is 48.1 Å². The number of amides is 1. The molecule has 2 heterocycles. The van der Waals surface area contributed by atoms with Crippen LogP contribution in [0.15, 0.2) is 45.9 Å². The van der Waals surface area contributed by atoms with Crippen molar-refractivity contribution in [2.24, 2.45) is 5.73 Å². The number of halogens is 1. The summed E-state index contributed by atoms with van der Waals surface area (Å²) in [6.45, 7) is 4.83. The zero-order chi connectivity index (χ0) is 27.5. The van der Waals surface area contributed by atoms with Crippen LogP contribution >= 0.6 is 11.6 Å². The van der Waals surface area contributed by atoms with Crippen LogP contribution < -0.4 is 16.6 Å². The zero-order valence-electron chi connectivity index (χ0n) is 21.9. The summed E-state index contributed by atoms with van der Waals surface area (Å²) in [6, 6.07) is 7.19. The maximum Gasteiger partial charge on any atom is 0.306 e. The lowest BCUT2D eigenvalue weighted by molar-refractivity contribution is -0.145. The second-order valence-electron chi connectivity index (χ2n) is 9.15. The first-order chi connectivity index (χ1) is 18.3. The third-order valence-corrected chi connectivity index (χ3v) is 6.49. The number of carbonyl (C=O) groups excluding carboxylic acids is 2. The van der Waals surface area contributed by atoms with Crippen LogP contribution in [0, 0.1) is 6.92 Å². The average Bonchev–Trinajstić information content (AvgIpc) is 3.36. The van der Waals surface area contributed by atoms with Crippen molar-refractivity contribution in [3.63, 3.8) is 0 Å². The number of ether oxygens (including phenoxy) is 1. The number of nitrogens with one attached hydrogen (secondary N) is 1. The number of aryl methyl sites for hydroxylation is 3. The van der Waals surface area contributed by atoms with E-state index < -0.39 is 0 Å². The molecule has 2 aromatic heterocycles. The van der Waals surface area contributed by atoms with Crippen molar-refractivity contribution in [3.05, 3.63) is 85.9 Å². The number of aromatic nitrogens is 2. The van der Waals surface area contributed by atoms with E-state index in [-0.39, 0.29) is 37.0 Å². The Hall–Kier alpha value is -3.43. The number of oxazole rings is 1. The van der Waals surface area contributed by atoms with Gasteiger partial charge in [-0.2, -0.15) is 0 Å².